The van der Waals surface area contributed by atoms with Crippen molar-refractivity contribution in [3.05, 3.63) is 29.6 Å². The molecule has 0 radical (unpaired) electrons. The first kappa shape index (κ1) is 9.72. The first-order chi connectivity index (χ1) is 6.36. The Morgan fingerprint density at radius 3 is 3.00 bits per heavy atom. The molecule has 0 aliphatic rings. The third-order valence-corrected chi connectivity index (χ3v) is 1.50. The summed E-state index contributed by atoms with van der Waals surface area (Å²) in [6, 6.07) is 1.90. The van der Waals surface area contributed by atoms with Crippen molar-refractivity contribution in [1.82, 2.24) is 4.98 Å². The summed E-state index contributed by atoms with van der Waals surface area (Å²) in [7, 11) is 0. The predicted molar refractivity (Wildman–Crippen MR) is 50.7 cm³/mol. The molecule has 13 heavy (non-hydrogen) atoms. The molecule has 0 saturated carbocycles. The van der Waals surface area contributed by atoms with Gasteiger partial charge in [-0.1, -0.05) is 11.8 Å². The van der Waals surface area contributed by atoms with Crippen LogP contribution in [0.15, 0.2) is 18.5 Å². The fourth-order valence-corrected chi connectivity index (χ4v) is 0.888. The van der Waals surface area contributed by atoms with Crippen molar-refractivity contribution in [1.29, 1.82) is 0 Å². The van der Waals surface area contributed by atoms with Crippen LogP contribution in [0.4, 0.5) is 0 Å². The number of aliphatic hydroxyl groups excluding tert-OH is 1. The molecule has 3 N–H and O–H groups in total. The van der Waals surface area contributed by atoms with Gasteiger partial charge in [-0.2, -0.15) is 0 Å². The number of hydrogen-bond donors (Lipinski definition) is 2. The molecule has 0 atom stereocenters. The number of rotatable bonds is 2. The van der Waals surface area contributed by atoms with Gasteiger partial charge in [-0.25, -0.2) is 0 Å². The highest BCUT2D eigenvalue weighted by atomic mass is 16.2. The summed E-state index contributed by atoms with van der Waals surface area (Å²) < 4.78 is 0. The number of nitrogens with zero attached hydrogens (tertiary/aromatic N) is 1. The first-order valence-corrected chi connectivity index (χ1v) is 4.10. The highest BCUT2D eigenvalue weighted by Gasteiger charge is 1.90. The molecule has 0 unspecified atom stereocenters. The molecule has 0 bridgehead atoms. The molecule has 1 aromatic heterocycles. The van der Waals surface area contributed by atoms with E-state index in [-0.39, 0.29) is 6.61 Å². The van der Waals surface area contributed by atoms with E-state index in [1.807, 2.05) is 6.07 Å². The second-order valence-electron chi connectivity index (χ2n) is 2.56. The van der Waals surface area contributed by atoms with Crippen LogP contribution in [0.3, 0.4) is 0 Å². The van der Waals surface area contributed by atoms with Crippen molar-refractivity contribution in [3.63, 3.8) is 0 Å². The molecule has 3 nitrogen and oxygen atoms in total. The van der Waals surface area contributed by atoms with Crippen LogP contribution in [0, 0.1) is 11.8 Å². The van der Waals surface area contributed by atoms with Crippen molar-refractivity contribution >= 4 is 0 Å². The third-order valence-electron chi connectivity index (χ3n) is 1.50. The van der Waals surface area contributed by atoms with Crippen LogP contribution in [-0.4, -0.2) is 16.7 Å². The largest absolute Gasteiger partial charge is 0.395 e. The lowest BCUT2D eigenvalue weighted by atomic mass is 10.2. The van der Waals surface area contributed by atoms with Crippen molar-refractivity contribution in [2.75, 3.05) is 6.61 Å². The normalized spacial score (nSPS) is 9.08. The van der Waals surface area contributed by atoms with Crippen molar-refractivity contribution in [2.24, 2.45) is 5.73 Å². The van der Waals surface area contributed by atoms with Crippen molar-refractivity contribution < 1.29 is 5.11 Å². The minimum Gasteiger partial charge on any atom is -0.395 e. The Kier molecular flexibility index (Phi) is 3.97. The SMILES string of the molecule is NCc1cncc(C#CCCO)c1. The minimum absolute atomic E-state index is 0.0943. The molecule has 1 aromatic rings. The lowest BCUT2D eigenvalue weighted by Crippen LogP contribution is -1.97. The zero-order chi connectivity index (χ0) is 9.52. The molecule has 0 spiro atoms. The van der Waals surface area contributed by atoms with Gasteiger partial charge in [-0.3, -0.25) is 4.98 Å². The van der Waals surface area contributed by atoms with E-state index >= 15 is 0 Å². The van der Waals surface area contributed by atoms with E-state index < -0.39 is 0 Å². The maximum absolute atomic E-state index is 8.51. The van der Waals surface area contributed by atoms with Crippen LogP contribution in [0.5, 0.6) is 0 Å². The molecule has 0 aliphatic carbocycles. The van der Waals surface area contributed by atoms with Crippen LogP contribution in [0.2, 0.25) is 0 Å². The van der Waals surface area contributed by atoms with Gasteiger partial charge < -0.3 is 10.8 Å². The van der Waals surface area contributed by atoms with Crippen LogP contribution in [-0.2, 0) is 6.54 Å². The van der Waals surface area contributed by atoms with E-state index in [4.69, 9.17) is 10.8 Å². The van der Waals surface area contributed by atoms with Gasteiger partial charge in [0.15, 0.2) is 0 Å². The molecule has 0 aromatic carbocycles. The smallest absolute Gasteiger partial charge is 0.0540 e. The summed E-state index contributed by atoms with van der Waals surface area (Å²) in [4.78, 5) is 3.99. The number of aromatic nitrogens is 1. The zero-order valence-corrected chi connectivity index (χ0v) is 7.33. The lowest BCUT2D eigenvalue weighted by molar-refractivity contribution is 0.305. The lowest BCUT2D eigenvalue weighted by Gasteiger charge is -1.94. The molecule has 3 heteroatoms. The maximum Gasteiger partial charge on any atom is 0.0540 e. The second-order valence-corrected chi connectivity index (χ2v) is 2.56. The highest BCUT2D eigenvalue weighted by Crippen LogP contribution is 1.99. The molecule has 1 rings (SSSR count). The van der Waals surface area contributed by atoms with E-state index in [1.165, 1.54) is 0 Å². The van der Waals surface area contributed by atoms with Gasteiger partial charge in [-0.05, 0) is 11.6 Å². The Morgan fingerprint density at radius 2 is 2.31 bits per heavy atom. The number of hydrogen-bond acceptors (Lipinski definition) is 3. The van der Waals surface area contributed by atoms with E-state index in [9.17, 15) is 0 Å². The average Bonchev–Trinajstić information content (AvgIpc) is 2.19. The van der Waals surface area contributed by atoms with Crippen LogP contribution >= 0.6 is 0 Å². The first-order valence-electron chi connectivity index (χ1n) is 4.10. The minimum atomic E-state index is 0.0943. The van der Waals surface area contributed by atoms with Gasteiger partial charge in [0, 0.05) is 30.9 Å². The van der Waals surface area contributed by atoms with Gasteiger partial charge in [0.1, 0.15) is 0 Å². The van der Waals surface area contributed by atoms with Gasteiger partial charge >= 0.3 is 0 Å². The third kappa shape index (κ3) is 3.24. The maximum atomic E-state index is 8.51. The Hall–Kier alpha value is -1.37. The van der Waals surface area contributed by atoms with Gasteiger partial charge in [0.25, 0.3) is 0 Å². The van der Waals surface area contributed by atoms with E-state index in [0.29, 0.717) is 13.0 Å². The molecular weight excluding hydrogens is 164 g/mol. The van der Waals surface area contributed by atoms with Gasteiger partial charge in [0.05, 0.1) is 6.61 Å². The number of pyridine rings is 1. The summed E-state index contributed by atoms with van der Waals surface area (Å²) >= 11 is 0. The fraction of sp³-hybridized carbons (Fsp3) is 0.300. The monoisotopic (exact) mass is 176 g/mol. The van der Waals surface area contributed by atoms with E-state index in [2.05, 4.69) is 16.8 Å². The summed E-state index contributed by atoms with van der Waals surface area (Å²) in [5.74, 6) is 5.71. The fourth-order valence-electron chi connectivity index (χ4n) is 0.888. The Labute approximate surface area is 77.6 Å². The summed E-state index contributed by atoms with van der Waals surface area (Å²) in [6.07, 6.45) is 3.90. The quantitative estimate of drug-likeness (QED) is 0.636. The average molecular weight is 176 g/mol. The number of nitrogens with two attached hydrogens (primary N) is 1. The van der Waals surface area contributed by atoms with E-state index in [0.717, 1.165) is 11.1 Å². The Balaban J connectivity index is 2.73. The summed E-state index contributed by atoms with van der Waals surface area (Å²) in [5.41, 5.74) is 7.26. The predicted octanol–water partition coefficient (Wildman–Crippen LogP) is 0.274. The Morgan fingerprint density at radius 1 is 1.46 bits per heavy atom. The second kappa shape index (κ2) is 5.31. The molecule has 68 valence electrons. The van der Waals surface area contributed by atoms with Crippen molar-refractivity contribution in [3.8, 4) is 11.8 Å². The molecule has 0 amide bonds. The highest BCUT2D eigenvalue weighted by molar-refractivity contribution is 5.34. The van der Waals surface area contributed by atoms with Crippen LogP contribution < -0.4 is 5.73 Å². The molecule has 0 aliphatic heterocycles. The number of aliphatic hydroxyl groups is 1. The molecule has 0 saturated heterocycles. The van der Waals surface area contributed by atoms with Crippen LogP contribution in [0.1, 0.15) is 17.5 Å². The van der Waals surface area contributed by atoms with Crippen LogP contribution in [0.25, 0.3) is 0 Å². The molecular formula is C10H12N2O. The summed E-state index contributed by atoms with van der Waals surface area (Å²) in [5, 5.41) is 8.51. The van der Waals surface area contributed by atoms with Crippen molar-refractivity contribution in [2.45, 2.75) is 13.0 Å². The van der Waals surface area contributed by atoms with Gasteiger partial charge in [0.2, 0.25) is 0 Å². The standard InChI is InChI=1S/C10H12N2O/c11-6-10-5-9(7-12-8-10)3-1-2-4-13/h5,7-8,13H,2,4,6,11H2. The zero-order valence-electron chi connectivity index (χ0n) is 7.33. The van der Waals surface area contributed by atoms with Gasteiger partial charge in [-0.15, -0.1) is 0 Å². The molecule has 0 fully saturated rings. The summed E-state index contributed by atoms with van der Waals surface area (Å²) in [6.45, 7) is 0.569. The molecule has 1 heterocycles. The topological polar surface area (TPSA) is 59.1 Å². The van der Waals surface area contributed by atoms with E-state index in [1.54, 1.807) is 12.4 Å². The Bertz CT molecular complexity index is 325.